The van der Waals surface area contributed by atoms with Gasteiger partial charge in [-0.2, -0.15) is 5.26 Å². The first kappa shape index (κ1) is 17.7. The molecule has 0 fully saturated rings. The van der Waals surface area contributed by atoms with E-state index in [1.807, 2.05) is 47.9 Å². The van der Waals surface area contributed by atoms with Crippen molar-refractivity contribution in [2.24, 2.45) is 0 Å². The summed E-state index contributed by atoms with van der Waals surface area (Å²) in [6.07, 6.45) is 1.82. The van der Waals surface area contributed by atoms with Crippen molar-refractivity contribution >= 4 is 56.1 Å². The molecule has 0 radical (unpaired) electrons. The summed E-state index contributed by atoms with van der Waals surface area (Å²) in [4.78, 5) is 8.72. The molecule has 132 valence electrons. The van der Waals surface area contributed by atoms with Gasteiger partial charge < -0.3 is 4.74 Å². The molecule has 7 heteroatoms. The fourth-order valence-corrected chi connectivity index (χ4v) is 4.07. The van der Waals surface area contributed by atoms with E-state index in [-0.39, 0.29) is 0 Å². The van der Waals surface area contributed by atoms with E-state index in [1.165, 1.54) is 11.3 Å². The van der Waals surface area contributed by atoms with Crippen molar-refractivity contribution in [3.8, 4) is 11.8 Å². The number of benzene rings is 2. The van der Waals surface area contributed by atoms with Gasteiger partial charge in [0.15, 0.2) is 0 Å². The second kappa shape index (κ2) is 7.89. The molecular weight excluding hydrogens is 398 g/mol. The van der Waals surface area contributed by atoms with Crippen LogP contribution in [0.1, 0.15) is 16.3 Å². The van der Waals surface area contributed by atoms with Crippen molar-refractivity contribution in [1.82, 2.24) is 9.97 Å². The first-order chi connectivity index (χ1) is 13.2. The molecule has 0 spiro atoms. The molecule has 4 nitrogen and oxygen atoms in total. The van der Waals surface area contributed by atoms with E-state index in [9.17, 15) is 5.26 Å². The van der Waals surface area contributed by atoms with Gasteiger partial charge in [-0.1, -0.05) is 23.7 Å². The molecule has 0 amide bonds. The fourth-order valence-electron chi connectivity index (χ4n) is 2.45. The van der Waals surface area contributed by atoms with E-state index >= 15 is 0 Å². The van der Waals surface area contributed by atoms with Crippen LogP contribution in [0.4, 0.5) is 0 Å². The molecule has 4 rings (SSSR count). The molecule has 0 saturated carbocycles. The summed E-state index contributed by atoms with van der Waals surface area (Å²) in [5.41, 5.74) is 4.92. The van der Waals surface area contributed by atoms with Gasteiger partial charge in [0.1, 0.15) is 23.4 Å². The number of allylic oxidation sites excluding steroid dienone is 1. The summed E-state index contributed by atoms with van der Waals surface area (Å²) in [5.74, 6) is 0.758. The Morgan fingerprint density at radius 3 is 2.81 bits per heavy atom. The molecule has 0 aliphatic rings. The number of aromatic nitrogens is 2. The van der Waals surface area contributed by atoms with E-state index < -0.39 is 0 Å². The van der Waals surface area contributed by atoms with Gasteiger partial charge in [0.25, 0.3) is 0 Å². The average molecular weight is 410 g/mol. The van der Waals surface area contributed by atoms with Crippen LogP contribution in [0.25, 0.3) is 21.9 Å². The maximum Gasteiger partial charge on any atom is 0.135 e. The highest BCUT2D eigenvalue weighted by Gasteiger charge is 2.09. The number of hydrogen-bond donors (Lipinski definition) is 0. The van der Waals surface area contributed by atoms with E-state index in [2.05, 4.69) is 16.0 Å². The maximum absolute atomic E-state index is 9.56. The quantitative estimate of drug-likeness (QED) is 0.376. The van der Waals surface area contributed by atoms with Gasteiger partial charge >= 0.3 is 0 Å². The SMILES string of the molecule is N#C/C(=C\c1ccc(OCc2cscn2)cc1)c1nc2cc(Cl)ccc2s1. The molecule has 4 aromatic rings. The molecule has 0 bridgehead atoms. The van der Waals surface area contributed by atoms with Crippen LogP contribution in [0.5, 0.6) is 5.75 Å². The molecule has 0 saturated heterocycles. The van der Waals surface area contributed by atoms with Crippen LogP contribution in [0, 0.1) is 11.3 Å². The number of nitriles is 1. The average Bonchev–Trinajstić information content (AvgIpc) is 3.34. The van der Waals surface area contributed by atoms with Crippen LogP contribution >= 0.6 is 34.3 Å². The zero-order valence-electron chi connectivity index (χ0n) is 13.9. The zero-order valence-corrected chi connectivity index (χ0v) is 16.3. The Kier molecular flexibility index (Phi) is 5.16. The number of thiazole rings is 2. The van der Waals surface area contributed by atoms with Crippen molar-refractivity contribution in [2.45, 2.75) is 6.61 Å². The number of rotatable bonds is 5. The number of hydrogen-bond acceptors (Lipinski definition) is 6. The van der Waals surface area contributed by atoms with E-state index in [0.29, 0.717) is 22.2 Å². The van der Waals surface area contributed by atoms with Gasteiger partial charge in [-0.15, -0.1) is 22.7 Å². The normalized spacial score (nSPS) is 11.5. The van der Waals surface area contributed by atoms with Crippen molar-refractivity contribution in [1.29, 1.82) is 5.26 Å². The summed E-state index contributed by atoms with van der Waals surface area (Å²) in [5, 5.41) is 12.8. The van der Waals surface area contributed by atoms with Crippen LogP contribution in [0.15, 0.2) is 53.4 Å². The van der Waals surface area contributed by atoms with Gasteiger partial charge in [-0.25, -0.2) is 9.97 Å². The fraction of sp³-hybridized carbons (Fsp3) is 0.0500. The number of ether oxygens (including phenoxy) is 1. The Morgan fingerprint density at radius 2 is 2.07 bits per heavy atom. The predicted octanol–water partition coefficient (Wildman–Crippen LogP) is 6.05. The van der Waals surface area contributed by atoms with E-state index in [0.717, 1.165) is 27.2 Å². The largest absolute Gasteiger partial charge is 0.487 e. The third kappa shape index (κ3) is 4.17. The van der Waals surface area contributed by atoms with Crippen molar-refractivity contribution < 1.29 is 4.74 Å². The monoisotopic (exact) mass is 409 g/mol. The molecule has 0 atom stereocenters. The Balaban J connectivity index is 1.54. The third-order valence-corrected chi connectivity index (χ3v) is 5.70. The van der Waals surface area contributed by atoms with Crippen LogP contribution in [-0.2, 0) is 6.61 Å². The molecule has 2 heterocycles. The Morgan fingerprint density at radius 1 is 1.22 bits per heavy atom. The molecule has 0 unspecified atom stereocenters. The number of fused-ring (bicyclic) bond motifs is 1. The molecular formula is C20H12ClN3OS2. The smallest absolute Gasteiger partial charge is 0.135 e. The molecule has 2 aromatic heterocycles. The lowest BCUT2D eigenvalue weighted by Gasteiger charge is -2.04. The third-order valence-electron chi connectivity index (χ3n) is 3.76. The molecule has 2 aromatic carbocycles. The highest BCUT2D eigenvalue weighted by atomic mass is 35.5. The standard InChI is InChI=1S/C20H12ClN3OS2/c21-15-3-6-19-18(8-15)24-20(27-19)14(9-22)7-13-1-4-17(5-2-13)25-10-16-11-26-12-23-16/h1-8,11-12H,10H2/b14-7+. The lowest BCUT2D eigenvalue weighted by molar-refractivity contribution is 0.302. The lowest BCUT2D eigenvalue weighted by Crippen LogP contribution is -1.95. The summed E-state index contributed by atoms with van der Waals surface area (Å²) >= 11 is 9.04. The lowest BCUT2D eigenvalue weighted by atomic mass is 10.1. The molecule has 0 aliphatic heterocycles. The second-order valence-electron chi connectivity index (χ2n) is 5.64. The Hall–Kier alpha value is -2.72. The highest BCUT2D eigenvalue weighted by molar-refractivity contribution is 7.19. The van der Waals surface area contributed by atoms with Crippen LogP contribution in [0.2, 0.25) is 5.02 Å². The Labute approximate surface area is 169 Å². The van der Waals surface area contributed by atoms with Crippen molar-refractivity contribution in [3.63, 3.8) is 0 Å². The van der Waals surface area contributed by atoms with Crippen LogP contribution in [-0.4, -0.2) is 9.97 Å². The van der Waals surface area contributed by atoms with Crippen LogP contribution in [0.3, 0.4) is 0 Å². The summed E-state index contributed by atoms with van der Waals surface area (Å²) in [6.45, 7) is 0.441. The van der Waals surface area contributed by atoms with Gasteiger partial charge in [0.05, 0.1) is 27.0 Å². The zero-order chi connectivity index (χ0) is 18.6. The van der Waals surface area contributed by atoms with Crippen molar-refractivity contribution in [2.75, 3.05) is 0 Å². The molecule has 0 N–H and O–H groups in total. The minimum absolute atomic E-state index is 0.441. The maximum atomic E-state index is 9.56. The first-order valence-corrected chi connectivity index (χ1v) is 10.1. The molecule has 0 aliphatic carbocycles. The van der Waals surface area contributed by atoms with Gasteiger partial charge in [0, 0.05) is 10.4 Å². The van der Waals surface area contributed by atoms with Crippen molar-refractivity contribution in [3.05, 3.63) is 74.6 Å². The van der Waals surface area contributed by atoms with Gasteiger partial charge in [-0.05, 0) is 42.0 Å². The van der Waals surface area contributed by atoms with Crippen LogP contribution < -0.4 is 4.74 Å². The Bertz CT molecular complexity index is 1140. The minimum Gasteiger partial charge on any atom is -0.487 e. The second-order valence-corrected chi connectivity index (χ2v) is 7.82. The van der Waals surface area contributed by atoms with Gasteiger partial charge in [0.2, 0.25) is 0 Å². The van der Waals surface area contributed by atoms with E-state index in [4.69, 9.17) is 16.3 Å². The topological polar surface area (TPSA) is 58.8 Å². The first-order valence-electron chi connectivity index (χ1n) is 7.99. The molecule has 27 heavy (non-hydrogen) atoms. The number of nitrogens with zero attached hydrogens (tertiary/aromatic N) is 3. The van der Waals surface area contributed by atoms with Gasteiger partial charge in [-0.3, -0.25) is 0 Å². The minimum atomic E-state index is 0.441. The highest BCUT2D eigenvalue weighted by Crippen LogP contribution is 2.30. The summed E-state index contributed by atoms with van der Waals surface area (Å²) in [7, 11) is 0. The summed E-state index contributed by atoms with van der Waals surface area (Å²) in [6, 6.07) is 15.4. The number of halogens is 1. The summed E-state index contributed by atoms with van der Waals surface area (Å²) < 4.78 is 6.71. The van der Waals surface area contributed by atoms with E-state index in [1.54, 1.807) is 22.9 Å². The predicted molar refractivity (Wildman–Crippen MR) is 111 cm³/mol.